The van der Waals surface area contributed by atoms with Crippen molar-refractivity contribution in [2.45, 2.75) is 49.3 Å². The Hall–Kier alpha value is -3.24. The zero-order valence-electron chi connectivity index (χ0n) is 21.2. The average Bonchev–Trinajstić information content (AvgIpc) is 3.25. The number of carbonyl (C=O) groups is 3. The molecule has 38 heavy (non-hydrogen) atoms. The number of ether oxygens (including phenoxy) is 1. The fraction of sp³-hybridized carbons (Fsp3) is 0.464. The molecule has 1 amide bonds. The fourth-order valence-corrected chi connectivity index (χ4v) is 7.44. The predicted molar refractivity (Wildman–Crippen MR) is 144 cm³/mol. The molecule has 1 unspecified atom stereocenters. The van der Waals surface area contributed by atoms with Gasteiger partial charge in [-0.15, -0.1) is 0 Å². The molecule has 10 heteroatoms. The van der Waals surface area contributed by atoms with Gasteiger partial charge in [-0.05, 0) is 55.4 Å². The molecule has 0 saturated carbocycles. The van der Waals surface area contributed by atoms with E-state index >= 15 is 0 Å². The highest BCUT2D eigenvalue weighted by Crippen LogP contribution is 2.49. The van der Waals surface area contributed by atoms with Crippen LogP contribution in [0.25, 0.3) is 0 Å². The summed E-state index contributed by atoms with van der Waals surface area (Å²) in [5, 5.41) is 17.9. The molecule has 0 bridgehead atoms. The molecule has 0 radical (unpaired) electrons. The van der Waals surface area contributed by atoms with E-state index in [0.29, 0.717) is 12.7 Å². The third-order valence-electron chi connectivity index (χ3n) is 8.23. The molecule has 3 saturated heterocycles. The number of thioether (sulfide) groups is 1. The SMILES string of the molecule is O=C(O)C(=O)O.O=C1NCN(c2ccccc2)C12CCN(C1CC3(CCSCC3)Oc3ccccc31)CC2. The number of amides is 1. The van der Waals surface area contributed by atoms with Crippen LogP contribution in [0.1, 0.15) is 43.7 Å². The number of fused-ring (bicyclic) bond motifs is 1. The second kappa shape index (κ2) is 10.9. The van der Waals surface area contributed by atoms with Crippen molar-refractivity contribution in [1.82, 2.24) is 10.2 Å². The van der Waals surface area contributed by atoms with Gasteiger partial charge in [0.2, 0.25) is 5.91 Å². The molecule has 4 aliphatic heterocycles. The van der Waals surface area contributed by atoms with Crippen LogP contribution in [-0.4, -0.2) is 75.4 Å². The first-order valence-corrected chi connectivity index (χ1v) is 14.2. The summed E-state index contributed by atoms with van der Waals surface area (Å²) >= 11 is 2.05. The summed E-state index contributed by atoms with van der Waals surface area (Å²) in [5.41, 5.74) is 2.00. The van der Waals surface area contributed by atoms with Crippen LogP contribution >= 0.6 is 11.8 Å². The van der Waals surface area contributed by atoms with Crippen molar-refractivity contribution in [3.05, 3.63) is 60.2 Å². The van der Waals surface area contributed by atoms with Crippen LogP contribution in [0.3, 0.4) is 0 Å². The molecule has 2 aromatic carbocycles. The van der Waals surface area contributed by atoms with Crippen LogP contribution in [0.4, 0.5) is 5.69 Å². The van der Waals surface area contributed by atoms with Crippen LogP contribution in [-0.2, 0) is 14.4 Å². The summed E-state index contributed by atoms with van der Waals surface area (Å²) in [5.74, 6) is -0.0198. The Morgan fingerprint density at radius 2 is 1.55 bits per heavy atom. The summed E-state index contributed by atoms with van der Waals surface area (Å²) in [6.45, 7) is 2.46. The lowest BCUT2D eigenvalue weighted by atomic mass is 9.80. The molecular weight excluding hydrogens is 506 g/mol. The van der Waals surface area contributed by atoms with E-state index < -0.39 is 17.5 Å². The Kier molecular flexibility index (Phi) is 7.54. The van der Waals surface area contributed by atoms with Crippen molar-refractivity contribution >= 4 is 35.3 Å². The smallest absolute Gasteiger partial charge is 0.414 e. The molecule has 1 atom stereocenters. The highest BCUT2D eigenvalue weighted by Gasteiger charge is 2.52. The van der Waals surface area contributed by atoms with Gasteiger partial charge in [0.15, 0.2) is 0 Å². The quantitative estimate of drug-likeness (QED) is 0.494. The van der Waals surface area contributed by atoms with Gasteiger partial charge in [-0.1, -0.05) is 36.4 Å². The molecule has 3 N–H and O–H groups in total. The van der Waals surface area contributed by atoms with Crippen LogP contribution in [0.5, 0.6) is 5.75 Å². The van der Waals surface area contributed by atoms with Crippen molar-refractivity contribution in [1.29, 1.82) is 0 Å². The first-order valence-electron chi connectivity index (χ1n) is 13.0. The van der Waals surface area contributed by atoms with Gasteiger partial charge < -0.3 is 25.2 Å². The molecule has 9 nitrogen and oxygen atoms in total. The fourth-order valence-electron chi connectivity index (χ4n) is 6.20. The third-order valence-corrected chi connectivity index (χ3v) is 9.21. The second-order valence-electron chi connectivity index (χ2n) is 10.3. The minimum atomic E-state index is -1.82. The van der Waals surface area contributed by atoms with Crippen LogP contribution < -0.4 is 15.0 Å². The first kappa shape index (κ1) is 26.4. The topological polar surface area (TPSA) is 119 Å². The van der Waals surface area contributed by atoms with Crippen LogP contribution in [0.2, 0.25) is 0 Å². The molecule has 0 aliphatic carbocycles. The number of hydrogen-bond acceptors (Lipinski definition) is 7. The van der Waals surface area contributed by atoms with Crippen molar-refractivity contribution in [2.75, 3.05) is 36.2 Å². The molecule has 202 valence electrons. The van der Waals surface area contributed by atoms with E-state index in [9.17, 15) is 4.79 Å². The molecular formula is C28H33N3O6S. The summed E-state index contributed by atoms with van der Waals surface area (Å²) in [6.07, 6.45) is 5.04. The average molecular weight is 540 g/mol. The molecule has 2 spiro atoms. The molecule has 2 aromatic rings. The number of anilines is 1. The number of carbonyl (C=O) groups excluding carboxylic acids is 1. The zero-order valence-corrected chi connectivity index (χ0v) is 22.0. The second-order valence-corrected chi connectivity index (χ2v) is 11.5. The lowest BCUT2D eigenvalue weighted by molar-refractivity contribution is -0.159. The highest BCUT2D eigenvalue weighted by atomic mass is 32.2. The lowest BCUT2D eigenvalue weighted by Gasteiger charge is -2.50. The first-order chi connectivity index (χ1) is 18.3. The van der Waals surface area contributed by atoms with Gasteiger partial charge in [-0.2, -0.15) is 11.8 Å². The van der Waals surface area contributed by atoms with Gasteiger partial charge >= 0.3 is 11.9 Å². The summed E-state index contributed by atoms with van der Waals surface area (Å²) in [6, 6.07) is 19.4. The number of para-hydroxylation sites is 2. The molecule has 3 fully saturated rings. The Morgan fingerprint density at radius 1 is 0.921 bits per heavy atom. The van der Waals surface area contributed by atoms with E-state index in [1.165, 1.54) is 17.1 Å². The number of likely N-dealkylation sites (tertiary alicyclic amines) is 1. The molecule has 4 heterocycles. The number of piperidine rings is 1. The maximum atomic E-state index is 13.1. The minimum absolute atomic E-state index is 0.0276. The number of carboxylic acid groups (broad SMARTS) is 2. The van der Waals surface area contributed by atoms with Gasteiger partial charge in [0.25, 0.3) is 0 Å². The van der Waals surface area contributed by atoms with Crippen molar-refractivity contribution in [3.8, 4) is 5.75 Å². The number of hydrogen-bond donors (Lipinski definition) is 3. The zero-order chi connectivity index (χ0) is 26.8. The Morgan fingerprint density at radius 3 is 2.21 bits per heavy atom. The maximum Gasteiger partial charge on any atom is 0.414 e. The number of benzene rings is 2. The minimum Gasteiger partial charge on any atom is -0.487 e. The Labute approximate surface area is 226 Å². The van der Waals surface area contributed by atoms with E-state index in [1.54, 1.807) is 0 Å². The Balaban J connectivity index is 0.000000443. The normalized spacial score (nSPS) is 23.5. The van der Waals surface area contributed by atoms with Crippen molar-refractivity contribution < 1.29 is 29.3 Å². The van der Waals surface area contributed by atoms with E-state index in [1.807, 2.05) is 17.8 Å². The van der Waals surface area contributed by atoms with E-state index in [0.717, 1.165) is 56.6 Å². The van der Waals surface area contributed by atoms with E-state index in [4.69, 9.17) is 24.5 Å². The van der Waals surface area contributed by atoms with Crippen LogP contribution in [0.15, 0.2) is 54.6 Å². The largest absolute Gasteiger partial charge is 0.487 e. The summed E-state index contributed by atoms with van der Waals surface area (Å²) in [7, 11) is 0. The number of nitrogens with one attached hydrogen (secondary N) is 1. The standard InChI is InChI=1S/C26H31N3O2S.C2H2O4/c30-24-26(29(19-27-24)20-6-2-1-3-7-20)10-14-28(15-11-26)22-18-25(12-16-32-17-13-25)31-23-9-5-4-8-21(22)23;3-1(4)2(5)6/h1-9,22H,10-19H2,(H,27,30);(H,3,4)(H,5,6). The number of carboxylic acids is 2. The predicted octanol–water partition coefficient (Wildman–Crippen LogP) is 3.36. The Bertz CT molecular complexity index is 1170. The van der Waals surface area contributed by atoms with Gasteiger partial charge in [-0.3, -0.25) is 9.69 Å². The van der Waals surface area contributed by atoms with E-state index in [2.05, 4.69) is 63.6 Å². The molecule has 0 aromatic heterocycles. The number of rotatable bonds is 2. The maximum absolute atomic E-state index is 13.1. The highest BCUT2D eigenvalue weighted by molar-refractivity contribution is 7.99. The van der Waals surface area contributed by atoms with Crippen LogP contribution in [0, 0.1) is 0 Å². The van der Waals surface area contributed by atoms with Crippen molar-refractivity contribution in [2.24, 2.45) is 0 Å². The van der Waals surface area contributed by atoms with Gasteiger partial charge in [0, 0.05) is 36.8 Å². The summed E-state index contributed by atoms with van der Waals surface area (Å²) < 4.78 is 6.65. The number of aliphatic carboxylic acids is 2. The number of nitrogens with zero attached hydrogens (tertiary/aromatic N) is 2. The molecule has 6 rings (SSSR count). The van der Waals surface area contributed by atoms with Gasteiger partial charge in [0.1, 0.15) is 16.9 Å². The van der Waals surface area contributed by atoms with Gasteiger partial charge in [0.05, 0.1) is 6.67 Å². The van der Waals surface area contributed by atoms with Gasteiger partial charge in [-0.25, -0.2) is 9.59 Å². The monoisotopic (exact) mass is 539 g/mol. The molecule has 4 aliphatic rings. The lowest BCUT2D eigenvalue weighted by Crippen LogP contribution is -2.58. The van der Waals surface area contributed by atoms with E-state index in [-0.39, 0.29) is 11.5 Å². The third kappa shape index (κ3) is 5.07. The van der Waals surface area contributed by atoms with Crippen molar-refractivity contribution in [3.63, 3.8) is 0 Å². The summed E-state index contributed by atoms with van der Waals surface area (Å²) in [4.78, 5) is 36.2.